The van der Waals surface area contributed by atoms with E-state index in [2.05, 4.69) is 15.0 Å². The number of hydrogen-bond acceptors (Lipinski definition) is 5. The molecule has 0 unspecified atom stereocenters. The maximum Gasteiger partial charge on any atom is 0.353 e. The first-order valence-corrected chi connectivity index (χ1v) is 11.0. The number of halogens is 3. The molecule has 0 aliphatic heterocycles. The second-order valence-electron chi connectivity index (χ2n) is 8.25. The van der Waals surface area contributed by atoms with Crippen LogP contribution in [-0.2, 0) is 0 Å². The fraction of sp³-hybridized carbons (Fsp3) is 0.167. The molecule has 34 heavy (non-hydrogen) atoms. The average Bonchev–Trinajstić information content (AvgIpc) is 3.41. The minimum atomic E-state index is -0.960. The van der Waals surface area contributed by atoms with E-state index in [1.54, 1.807) is 18.5 Å². The van der Waals surface area contributed by atoms with Crippen molar-refractivity contribution in [3.05, 3.63) is 87.3 Å². The summed E-state index contributed by atoms with van der Waals surface area (Å²) in [4.78, 5) is 26.1. The monoisotopic (exact) mass is 479 g/mol. The molecule has 4 aromatic heterocycles. The van der Waals surface area contributed by atoms with E-state index in [4.69, 9.17) is 16.0 Å². The molecular weight excluding hydrogens is 464 g/mol. The summed E-state index contributed by atoms with van der Waals surface area (Å²) in [6.45, 7) is 1.92. The van der Waals surface area contributed by atoms with E-state index in [0.29, 0.717) is 17.0 Å². The van der Waals surface area contributed by atoms with Crippen LogP contribution in [0.2, 0.25) is 5.02 Å². The molecule has 0 amide bonds. The zero-order chi connectivity index (χ0) is 23.6. The van der Waals surface area contributed by atoms with Gasteiger partial charge in [0, 0.05) is 30.1 Å². The number of imidazole rings is 1. The lowest BCUT2D eigenvalue weighted by molar-refractivity contribution is 0.571. The summed E-state index contributed by atoms with van der Waals surface area (Å²) in [6.07, 6.45) is 7.09. The van der Waals surface area contributed by atoms with E-state index in [0.717, 1.165) is 30.5 Å². The third-order valence-electron chi connectivity index (χ3n) is 5.80. The summed E-state index contributed by atoms with van der Waals surface area (Å²) >= 11 is 5.66. The molecule has 1 aliphatic rings. The molecule has 0 spiro atoms. The maximum atomic E-state index is 14.3. The maximum absolute atomic E-state index is 14.3. The minimum absolute atomic E-state index is 0.0127. The number of oxazole rings is 1. The molecule has 7 nitrogen and oxygen atoms in total. The number of nitrogens with zero attached hydrogens (tertiary/aromatic N) is 5. The molecule has 170 valence electrons. The molecule has 6 rings (SSSR count). The van der Waals surface area contributed by atoms with Gasteiger partial charge in [-0.15, -0.1) is 0 Å². The predicted molar refractivity (Wildman–Crippen MR) is 121 cm³/mol. The normalized spacial score (nSPS) is 13.6. The molecule has 4 heterocycles. The van der Waals surface area contributed by atoms with E-state index in [9.17, 15) is 13.6 Å². The van der Waals surface area contributed by atoms with E-state index in [1.165, 1.54) is 4.57 Å². The van der Waals surface area contributed by atoms with Crippen LogP contribution in [0.1, 0.15) is 30.0 Å². The van der Waals surface area contributed by atoms with E-state index >= 15 is 0 Å². The first kappa shape index (κ1) is 20.7. The van der Waals surface area contributed by atoms with Crippen molar-refractivity contribution in [2.75, 3.05) is 0 Å². The van der Waals surface area contributed by atoms with Gasteiger partial charge >= 0.3 is 5.69 Å². The van der Waals surface area contributed by atoms with Crippen LogP contribution in [0.25, 0.3) is 34.4 Å². The Morgan fingerprint density at radius 1 is 1.09 bits per heavy atom. The Balaban J connectivity index is 1.56. The summed E-state index contributed by atoms with van der Waals surface area (Å²) < 4.78 is 37.5. The van der Waals surface area contributed by atoms with Crippen molar-refractivity contribution in [3.8, 4) is 28.7 Å². The Morgan fingerprint density at radius 2 is 1.85 bits per heavy atom. The van der Waals surface area contributed by atoms with Crippen LogP contribution in [0, 0.1) is 18.6 Å². The molecule has 0 atom stereocenters. The average molecular weight is 480 g/mol. The van der Waals surface area contributed by atoms with Gasteiger partial charge in [0.25, 0.3) is 0 Å². The molecule has 0 N–H and O–H groups in total. The van der Waals surface area contributed by atoms with E-state index in [-0.39, 0.29) is 29.0 Å². The Morgan fingerprint density at radius 3 is 2.53 bits per heavy atom. The number of aryl methyl sites for hydroxylation is 1. The molecule has 5 aromatic rings. The standard InChI is InChI=1S/C24H16ClF2N5O2/c1-12-3-2-7-31-11-18(28-21(12)31)23-30-22(32-8-6-17(13-4-5-13)29-24(32)33)20(34-23)14-9-15(26)19(25)16(27)10-14/h2-3,6-11,13H,4-5H2,1H3. The highest BCUT2D eigenvalue weighted by Gasteiger charge is 2.27. The Kier molecular flexibility index (Phi) is 4.63. The SMILES string of the molecule is Cc1cccn2cc(-c3nc(-n4ccc(C5CC5)nc4=O)c(-c4cc(F)c(Cl)c(F)c4)o3)nc12. The lowest BCUT2D eigenvalue weighted by Crippen LogP contribution is -2.22. The number of benzene rings is 1. The van der Waals surface area contributed by atoms with Crippen LogP contribution in [0.3, 0.4) is 0 Å². The smallest absolute Gasteiger partial charge is 0.353 e. The Labute approximate surface area is 196 Å². The van der Waals surface area contributed by atoms with Crippen molar-refractivity contribution in [3.63, 3.8) is 0 Å². The second-order valence-corrected chi connectivity index (χ2v) is 8.63. The summed E-state index contributed by atoms with van der Waals surface area (Å²) in [6, 6.07) is 7.61. The summed E-state index contributed by atoms with van der Waals surface area (Å²) in [5.41, 5.74) is 2.23. The highest BCUT2D eigenvalue weighted by atomic mass is 35.5. The largest absolute Gasteiger partial charge is 0.432 e. The number of hydrogen-bond donors (Lipinski definition) is 0. The van der Waals surface area contributed by atoms with Gasteiger partial charge in [-0.25, -0.2) is 23.1 Å². The molecular formula is C24H16ClF2N5O2. The molecule has 10 heteroatoms. The molecule has 0 radical (unpaired) electrons. The zero-order valence-electron chi connectivity index (χ0n) is 17.8. The molecule has 1 aromatic carbocycles. The first-order valence-electron chi connectivity index (χ1n) is 10.6. The van der Waals surface area contributed by atoms with Crippen LogP contribution in [0.5, 0.6) is 0 Å². The lowest BCUT2D eigenvalue weighted by atomic mass is 10.1. The molecule has 0 saturated heterocycles. The van der Waals surface area contributed by atoms with Crippen LogP contribution < -0.4 is 5.69 Å². The molecule has 1 saturated carbocycles. The third-order valence-corrected chi connectivity index (χ3v) is 6.16. The Hall–Kier alpha value is -3.85. The van der Waals surface area contributed by atoms with Crippen LogP contribution in [0.4, 0.5) is 8.78 Å². The van der Waals surface area contributed by atoms with Crippen molar-refractivity contribution in [2.45, 2.75) is 25.7 Å². The summed E-state index contributed by atoms with van der Waals surface area (Å²) in [5, 5.41) is -0.631. The van der Waals surface area contributed by atoms with Gasteiger partial charge in [0.15, 0.2) is 11.6 Å². The number of fused-ring (bicyclic) bond motifs is 1. The predicted octanol–water partition coefficient (Wildman–Crippen LogP) is 5.32. The van der Waals surface area contributed by atoms with Gasteiger partial charge in [-0.3, -0.25) is 0 Å². The summed E-state index contributed by atoms with van der Waals surface area (Å²) in [7, 11) is 0. The van der Waals surface area contributed by atoms with Gasteiger partial charge in [-0.2, -0.15) is 9.97 Å². The van der Waals surface area contributed by atoms with Crippen LogP contribution in [-0.4, -0.2) is 23.9 Å². The van der Waals surface area contributed by atoms with Gasteiger partial charge in [-0.05, 0) is 49.6 Å². The van der Waals surface area contributed by atoms with Crippen molar-refractivity contribution >= 4 is 17.2 Å². The van der Waals surface area contributed by atoms with Gasteiger partial charge in [0.1, 0.15) is 28.0 Å². The first-order chi connectivity index (χ1) is 16.4. The van der Waals surface area contributed by atoms with Crippen LogP contribution >= 0.6 is 11.6 Å². The minimum Gasteiger partial charge on any atom is -0.432 e. The lowest BCUT2D eigenvalue weighted by Gasteiger charge is -2.06. The topological polar surface area (TPSA) is 78.2 Å². The highest BCUT2D eigenvalue weighted by molar-refractivity contribution is 6.31. The number of aromatic nitrogens is 5. The van der Waals surface area contributed by atoms with Gasteiger partial charge in [0.2, 0.25) is 5.89 Å². The van der Waals surface area contributed by atoms with Gasteiger partial charge in [0.05, 0.1) is 5.69 Å². The number of pyridine rings is 1. The fourth-order valence-electron chi connectivity index (χ4n) is 3.90. The molecule has 1 fully saturated rings. The van der Waals surface area contributed by atoms with Gasteiger partial charge < -0.3 is 8.82 Å². The Bertz CT molecular complexity index is 1630. The van der Waals surface area contributed by atoms with E-state index in [1.807, 2.05) is 29.7 Å². The highest BCUT2D eigenvalue weighted by Crippen LogP contribution is 2.39. The summed E-state index contributed by atoms with van der Waals surface area (Å²) in [5.74, 6) is -1.51. The van der Waals surface area contributed by atoms with Crippen molar-refractivity contribution in [1.82, 2.24) is 23.9 Å². The fourth-order valence-corrected chi connectivity index (χ4v) is 4.01. The molecule has 0 bridgehead atoms. The van der Waals surface area contributed by atoms with Crippen LogP contribution in [0.15, 0.2) is 58.1 Å². The third kappa shape index (κ3) is 3.40. The quantitative estimate of drug-likeness (QED) is 0.326. The number of rotatable bonds is 4. The van der Waals surface area contributed by atoms with Crippen molar-refractivity contribution in [2.24, 2.45) is 0 Å². The van der Waals surface area contributed by atoms with Crippen molar-refractivity contribution < 1.29 is 13.2 Å². The van der Waals surface area contributed by atoms with Crippen molar-refractivity contribution in [1.29, 1.82) is 0 Å². The molecule has 1 aliphatic carbocycles. The van der Waals surface area contributed by atoms with Gasteiger partial charge in [-0.1, -0.05) is 17.7 Å². The zero-order valence-corrected chi connectivity index (χ0v) is 18.6. The second kappa shape index (κ2) is 7.59. The van der Waals surface area contributed by atoms with E-state index < -0.39 is 22.3 Å².